The average Bonchev–Trinajstić information content (AvgIpc) is 2.81. The van der Waals surface area contributed by atoms with Gasteiger partial charge in [-0.1, -0.05) is 40.7 Å². The fourth-order valence-corrected chi connectivity index (χ4v) is 4.22. The topological polar surface area (TPSA) is 37.8 Å². The van der Waals surface area contributed by atoms with Gasteiger partial charge in [-0.2, -0.15) is 4.37 Å². The maximum Gasteiger partial charge on any atom is 0.174 e. The molecule has 0 radical (unpaired) electrons. The third-order valence-electron chi connectivity index (χ3n) is 2.85. The summed E-state index contributed by atoms with van der Waals surface area (Å²) >= 11 is 6.69. The van der Waals surface area contributed by atoms with Gasteiger partial charge in [0.1, 0.15) is 5.82 Å². The number of benzene rings is 1. The van der Waals surface area contributed by atoms with Crippen molar-refractivity contribution in [1.29, 1.82) is 0 Å². The molecule has 0 bridgehead atoms. The molecule has 0 fully saturated rings. The Morgan fingerprint density at radius 3 is 2.90 bits per heavy atom. The Labute approximate surface area is 136 Å². The van der Waals surface area contributed by atoms with E-state index in [1.54, 1.807) is 11.8 Å². The van der Waals surface area contributed by atoms with Gasteiger partial charge in [0.05, 0.1) is 0 Å². The molecule has 2 aromatic rings. The molecule has 1 atom stereocenters. The number of aryl methyl sites for hydroxylation is 1. The molecular formula is C14H18BrN3S2. The number of aromatic nitrogens is 2. The van der Waals surface area contributed by atoms with E-state index < -0.39 is 0 Å². The molecular weight excluding hydrogens is 354 g/mol. The lowest BCUT2D eigenvalue weighted by molar-refractivity contribution is 0.563. The molecule has 0 spiro atoms. The molecule has 0 aliphatic rings. The third-order valence-corrected chi connectivity index (χ3v) is 5.26. The number of rotatable bonds is 6. The fraction of sp³-hybridized carbons (Fsp3) is 0.429. The standard InChI is InChI=1S/C14H18BrN3S2/c1-4-7-16-9(2)12-6-5-11(15)8-13(12)19-14-17-10(3)18-20-14/h5-6,8-9,16H,4,7H2,1-3H3. The molecule has 108 valence electrons. The molecule has 0 saturated carbocycles. The zero-order chi connectivity index (χ0) is 14.5. The van der Waals surface area contributed by atoms with Crippen molar-refractivity contribution < 1.29 is 0 Å². The highest BCUT2D eigenvalue weighted by Crippen LogP contribution is 2.35. The Hall–Kier alpha value is -0.430. The minimum absolute atomic E-state index is 0.333. The van der Waals surface area contributed by atoms with Crippen LogP contribution in [0, 0.1) is 6.92 Å². The monoisotopic (exact) mass is 371 g/mol. The van der Waals surface area contributed by atoms with Gasteiger partial charge < -0.3 is 5.32 Å². The summed E-state index contributed by atoms with van der Waals surface area (Å²) in [5, 5.41) is 3.54. The van der Waals surface area contributed by atoms with Crippen LogP contribution >= 0.6 is 39.2 Å². The second kappa shape index (κ2) is 7.54. The van der Waals surface area contributed by atoms with E-state index in [-0.39, 0.29) is 0 Å². The molecule has 3 nitrogen and oxygen atoms in total. The molecule has 20 heavy (non-hydrogen) atoms. The molecule has 1 N–H and O–H groups in total. The zero-order valence-corrected chi connectivity index (χ0v) is 15.0. The van der Waals surface area contributed by atoms with Crippen LogP contribution in [0.25, 0.3) is 0 Å². The van der Waals surface area contributed by atoms with E-state index in [4.69, 9.17) is 0 Å². The highest BCUT2D eigenvalue weighted by Gasteiger charge is 2.13. The Morgan fingerprint density at radius 2 is 2.25 bits per heavy atom. The van der Waals surface area contributed by atoms with E-state index in [1.165, 1.54) is 22.0 Å². The van der Waals surface area contributed by atoms with Gasteiger partial charge in [-0.15, -0.1) is 0 Å². The maximum absolute atomic E-state index is 4.43. The summed E-state index contributed by atoms with van der Waals surface area (Å²) in [6, 6.07) is 6.75. The van der Waals surface area contributed by atoms with Crippen LogP contribution in [-0.2, 0) is 0 Å². The first-order valence-corrected chi connectivity index (χ1v) is 8.99. The lowest BCUT2D eigenvalue weighted by Gasteiger charge is -2.17. The lowest BCUT2D eigenvalue weighted by atomic mass is 10.1. The third kappa shape index (κ3) is 4.28. The number of halogens is 1. The van der Waals surface area contributed by atoms with Crippen molar-refractivity contribution in [2.75, 3.05) is 6.54 Å². The minimum Gasteiger partial charge on any atom is -0.310 e. The van der Waals surface area contributed by atoms with Crippen molar-refractivity contribution in [2.24, 2.45) is 0 Å². The van der Waals surface area contributed by atoms with Crippen molar-refractivity contribution >= 4 is 39.2 Å². The second-order valence-electron chi connectivity index (χ2n) is 4.57. The first kappa shape index (κ1) is 15.9. The van der Waals surface area contributed by atoms with E-state index in [0.717, 1.165) is 27.6 Å². The van der Waals surface area contributed by atoms with E-state index in [0.29, 0.717) is 6.04 Å². The highest BCUT2D eigenvalue weighted by molar-refractivity contribution is 9.10. The fourth-order valence-electron chi connectivity index (χ4n) is 1.84. The smallest absolute Gasteiger partial charge is 0.174 e. The first-order chi connectivity index (χ1) is 9.60. The van der Waals surface area contributed by atoms with Crippen molar-refractivity contribution in [3.05, 3.63) is 34.1 Å². The van der Waals surface area contributed by atoms with Crippen molar-refractivity contribution in [2.45, 2.75) is 42.5 Å². The SMILES string of the molecule is CCCNC(C)c1ccc(Br)cc1Sc1nc(C)ns1. The van der Waals surface area contributed by atoms with Crippen LogP contribution in [0.3, 0.4) is 0 Å². The summed E-state index contributed by atoms with van der Waals surface area (Å²) in [5.41, 5.74) is 1.31. The quantitative estimate of drug-likeness (QED) is 0.789. The molecule has 0 saturated heterocycles. The first-order valence-electron chi connectivity index (χ1n) is 6.61. The van der Waals surface area contributed by atoms with E-state index >= 15 is 0 Å². The Morgan fingerprint density at radius 1 is 1.45 bits per heavy atom. The van der Waals surface area contributed by atoms with Gasteiger partial charge in [-0.25, -0.2) is 4.98 Å². The predicted octanol–water partition coefficient (Wildman–Crippen LogP) is 4.82. The largest absolute Gasteiger partial charge is 0.310 e. The average molecular weight is 372 g/mol. The number of hydrogen-bond acceptors (Lipinski definition) is 5. The number of nitrogens with one attached hydrogen (secondary N) is 1. The van der Waals surface area contributed by atoms with E-state index in [9.17, 15) is 0 Å². The normalized spacial score (nSPS) is 12.6. The van der Waals surface area contributed by atoms with Crippen LogP contribution < -0.4 is 5.32 Å². The Kier molecular flexibility index (Phi) is 6.01. The second-order valence-corrected chi connectivity index (χ2v) is 7.52. The van der Waals surface area contributed by atoms with Gasteiger partial charge in [-0.3, -0.25) is 0 Å². The van der Waals surface area contributed by atoms with Crippen LogP contribution in [0.1, 0.15) is 37.7 Å². The van der Waals surface area contributed by atoms with Gasteiger partial charge in [0.25, 0.3) is 0 Å². The Balaban J connectivity index is 2.23. The van der Waals surface area contributed by atoms with Crippen LogP contribution in [0.2, 0.25) is 0 Å². The molecule has 6 heteroatoms. The molecule has 0 aliphatic heterocycles. The maximum atomic E-state index is 4.43. The van der Waals surface area contributed by atoms with Crippen LogP contribution in [0.4, 0.5) is 0 Å². The number of nitrogens with zero attached hydrogens (tertiary/aromatic N) is 2. The van der Waals surface area contributed by atoms with Crippen LogP contribution in [-0.4, -0.2) is 15.9 Å². The summed E-state index contributed by atoms with van der Waals surface area (Å²) in [5.74, 6) is 0.839. The molecule has 1 aromatic carbocycles. The molecule has 1 aromatic heterocycles. The van der Waals surface area contributed by atoms with E-state index in [2.05, 4.69) is 62.7 Å². The summed E-state index contributed by atoms with van der Waals surface area (Å²) in [6.45, 7) is 7.34. The predicted molar refractivity (Wildman–Crippen MR) is 89.6 cm³/mol. The zero-order valence-electron chi connectivity index (χ0n) is 11.8. The molecule has 0 amide bonds. The molecule has 2 rings (SSSR count). The van der Waals surface area contributed by atoms with Gasteiger partial charge in [-0.05, 0) is 56.0 Å². The minimum atomic E-state index is 0.333. The Bertz CT molecular complexity index is 571. The van der Waals surface area contributed by atoms with Crippen molar-refractivity contribution in [3.8, 4) is 0 Å². The van der Waals surface area contributed by atoms with Crippen molar-refractivity contribution in [3.63, 3.8) is 0 Å². The van der Waals surface area contributed by atoms with Crippen LogP contribution in [0.15, 0.2) is 31.9 Å². The van der Waals surface area contributed by atoms with Gasteiger partial charge in [0.2, 0.25) is 0 Å². The van der Waals surface area contributed by atoms with Gasteiger partial charge >= 0.3 is 0 Å². The van der Waals surface area contributed by atoms with Crippen LogP contribution in [0.5, 0.6) is 0 Å². The van der Waals surface area contributed by atoms with Crippen molar-refractivity contribution in [1.82, 2.24) is 14.7 Å². The number of hydrogen-bond donors (Lipinski definition) is 1. The summed E-state index contributed by atoms with van der Waals surface area (Å²) in [6.07, 6.45) is 1.14. The van der Waals surface area contributed by atoms with Gasteiger partial charge in [0, 0.05) is 15.4 Å². The molecule has 1 unspecified atom stereocenters. The molecule has 0 aliphatic carbocycles. The summed E-state index contributed by atoms with van der Waals surface area (Å²) < 4.78 is 6.32. The van der Waals surface area contributed by atoms with E-state index in [1.807, 2.05) is 6.92 Å². The summed E-state index contributed by atoms with van der Waals surface area (Å²) in [4.78, 5) is 5.66. The summed E-state index contributed by atoms with van der Waals surface area (Å²) in [7, 11) is 0. The van der Waals surface area contributed by atoms with Gasteiger partial charge in [0.15, 0.2) is 4.34 Å². The highest BCUT2D eigenvalue weighted by atomic mass is 79.9. The lowest BCUT2D eigenvalue weighted by Crippen LogP contribution is -2.19. The molecule has 1 heterocycles.